The third-order valence-corrected chi connectivity index (χ3v) is 3.80. The first-order chi connectivity index (χ1) is 11.2. The summed E-state index contributed by atoms with van der Waals surface area (Å²) in [5, 5.41) is 1.04. The Kier molecular flexibility index (Phi) is 3.81. The summed E-state index contributed by atoms with van der Waals surface area (Å²) in [7, 11) is 1.36. The Bertz CT molecular complexity index is 922. The number of pyridine rings is 1. The monoisotopic (exact) mass is 304 g/mol. The quantitative estimate of drug-likeness (QED) is 0.682. The van der Waals surface area contributed by atoms with Crippen LogP contribution in [0.2, 0.25) is 0 Å². The van der Waals surface area contributed by atoms with Crippen LogP contribution in [-0.4, -0.2) is 22.6 Å². The number of aromatic nitrogens is 2. The molecule has 4 heteroatoms. The van der Waals surface area contributed by atoms with Crippen molar-refractivity contribution in [2.45, 2.75) is 0 Å². The van der Waals surface area contributed by atoms with E-state index in [-0.39, 0.29) is 0 Å². The van der Waals surface area contributed by atoms with Crippen molar-refractivity contribution in [1.29, 1.82) is 0 Å². The van der Waals surface area contributed by atoms with E-state index in [1.807, 2.05) is 28.8 Å². The van der Waals surface area contributed by atoms with E-state index in [1.165, 1.54) is 7.11 Å². The summed E-state index contributed by atoms with van der Waals surface area (Å²) in [5.74, 6) is -0.407. The van der Waals surface area contributed by atoms with Gasteiger partial charge in [0.2, 0.25) is 0 Å². The third-order valence-electron chi connectivity index (χ3n) is 3.80. The Morgan fingerprint density at radius 2 is 2.00 bits per heavy atom. The molecule has 0 atom stereocenters. The normalized spacial score (nSPS) is 10.5. The molecule has 0 fully saturated rings. The van der Waals surface area contributed by atoms with Crippen molar-refractivity contribution in [2.24, 2.45) is 0 Å². The van der Waals surface area contributed by atoms with E-state index in [4.69, 9.17) is 4.74 Å². The maximum atomic E-state index is 12.1. The molecule has 4 nitrogen and oxygen atoms in total. The fourth-order valence-electron chi connectivity index (χ4n) is 2.81. The molecule has 3 rings (SSSR count). The van der Waals surface area contributed by atoms with Crippen molar-refractivity contribution >= 4 is 29.0 Å². The van der Waals surface area contributed by atoms with Gasteiger partial charge in [-0.2, -0.15) is 0 Å². The fourth-order valence-corrected chi connectivity index (χ4v) is 2.81. The van der Waals surface area contributed by atoms with Crippen LogP contribution >= 0.6 is 0 Å². The van der Waals surface area contributed by atoms with Crippen molar-refractivity contribution < 1.29 is 9.53 Å². The second kappa shape index (κ2) is 5.93. The largest absolute Gasteiger partial charge is 0.465 e. The average Bonchev–Trinajstić information content (AvgIpc) is 2.94. The van der Waals surface area contributed by atoms with Gasteiger partial charge in [-0.15, -0.1) is 0 Å². The smallest absolute Gasteiger partial charge is 0.340 e. The summed E-state index contributed by atoms with van der Waals surface area (Å²) >= 11 is 0. The number of hydrogen-bond acceptors (Lipinski definition) is 3. The minimum absolute atomic E-state index is 0.407. The second-order valence-electron chi connectivity index (χ2n) is 4.94. The van der Waals surface area contributed by atoms with Crippen LogP contribution in [0.5, 0.6) is 0 Å². The van der Waals surface area contributed by atoms with Crippen molar-refractivity contribution in [3.8, 4) is 5.69 Å². The van der Waals surface area contributed by atoms with Gasteiger partial charge < -0.3 is 9.30 Å². The highest BCUT2D eigenvalue weighted by Crippen LogP contribution is 2.32. The Hall–Kier alpha value is -3.14. The summed E-state index contributed by atoms with van der Waals surface area (Å²) in [6.45, 7) is 7.81. The molecule has 0 radical (unpaired) electrons. The summed E-state index contributed by atoms with van der Waals surface area (Å²) in [4.78, 5) is 16.3. The zero-order valence-corrected chi connectivity index (χ0v) is 12.8. The zero-order chi connectivity index (χ0) is 16.4. The first kappa shape index (κ1) is 14.8. The minimum Gasteiger partial charge on any atom is -0.465 e. The molecule has 0 saturated heterocycles. The van der Waals surface area contributed by atoms with Crippen LogP contribution < -0.4 is 0 Å². The standard InChI is InChI=1S/C19H16N2O2/c1-4-13-14-8-6-7-9-17(14)21(16(13)5-2)18-12-20-11-10-15(18)19(22)23-3/h4-12H,1-2H2,3H3. The number of para-hydroxylation sites is 1. The highest BCUT2D eigenvalue weighted by Gasteiger charge is 2.19. The van der Waals surface area contributed by atoms with Gasteiger partial charge in [0.15, 0.2) is 0 Å². The Labute approximate surface area is 134 Å². The van der Waals surface area contributed by atoms with Gasteiger partial charge in [-0.1, -0.05) is 37.4 Å². The third kappa shape index (κ3) is 2.25. The van der Waals surface area contributed by atoms with E-state index in [2.05, 4.69) is 18.1 Å². The number of esters is 1. The van der Waals surface area contributed by atoms with Crippen molar-refractivity contribution in [2.75, 3.05) is 7.11 Å². The maximum Gasteiger partial charge on any atom is 0.340 e. The molecule has 0 saturated carbocycles. The van der Waals surface area contributed by atoms with Gasteiger partial charge in [0.25, 0.3) is 0 Å². The predicted octanol–water partition coefficient (Wildman–Crippen LogP) is 4.10. The molecule has 0 aliphatic carbocycles. The molecule has 0 bridgehead atoms. The predicted molar refractivity (Wildman–Crippen MR) is 92.6 cm³/mol. The first-order valence-corrected chi connectivity index (χ1v) is 7.14. The van der Waals surface area contributed by atoms with E-state index in [9.17, 15) is 4.79 Å². The van der Waals surface area contributed by atoms with Crippen LogP contribution in [0.15, 0.2) is 55.9 Å². The van der Waals surface area contributed by atoms with Gasteiger partial charge in [0, 0.05) is 17.1 Å². The highest BCUT2D eigenvalue weighted by atomic mass is 16.5. The Morgan fingerprint density at radius 3 is 2.70 bits per heavy atom. The van der Waals surface area contributed by atoms with Crippen LogP contribution in [0, 0.1) is 0 Å². The van der Waals surface area contributed by atoms with Crippen LogP contribution in [0.1, 0.15) is 21.6 Å². The van der Waals surface area contributed by atoms with Crippen molar-refractivity contribution in [1.82, 2.24) is 9.55 Å². The number of carbonyl (C=O) groups is 1. The lowest BCUT2D eigenvalue weighted by Gasteiger charge is -2.12. The lowest BCUT2D eigenvalue weighted by molar-refractivity contribution is 0.0600. The lowest BCUT2D eigenvalue weighted by Crippen LogP contribution is -2.09. The van der Waals surface area contributed by atoms with Gasteiger partial charge in [0.1, 0.15) is 0 Å². The van der Waals surface area contributed by atoms with Gasteiger partial charge in [0.05, 0.1) is 35.8 Å². The van der Waals surface area contributed by atoms with E-state index in [0.717, 1.165) is 22.2 Å². The molecule has 2 aromatic heterocycles. The Balaban J connectivity index is 2.44. The average molecular weight is 304 g/mol. The van der Waals surface area contributed by atoms with Crippen molar-refractivity contribution in [3.63, 3.8) is 0 Å². The fraction of sp³-hybridized carbons (Fsp3) is 0.0526. The molecule has 0 spiro atoms. The number of rotatable bonds is 4. The zero-order valence-electron chi connectivity index (χ0n) is 12.8. The molecule has 0 aliphatic heterocycles. The Morgan fingerprint density at radius 1 is 1.22 bits per heavy atom. The minimum atomic E-state index is -0.407. The molecular formula is C19H16N2O2. The highest BCUT2D eigenvalue weighted by molar-refractivity contribution is 5.98. The number of benzene rings is 1. The first-order valence-electron chi connectivity index (χ1n) is 7.14. The topological polar surface area (TPSA) is 44.1 Å². The van der Waals surface area contributed by atoms with Crippen LogP contribution in [0.25, 0.3) is 28.7 Å². The van der Waals surface area contributed by atoms with Gasteiger partial charge in [-0.3, -0.25) is 4.98 Å². The molecule has 1 aromatic carbocycles. The summed E-state index contributed by atoms with van der Waals surface area (Å²) in [5.41, 5.74) is 3.88. The van der Waals surface area contributed by atoms with Crippen LogP contribution in [0.4, 0.5) is 0 Å². The number of ether oxygens (including phenoxy) is 1. The van der Waals surface area contributed by atoms with Gasteiger partial charge in [-0.25, -0.2) is 4.79 Å². The van der Waals surface area contributed by atoms with Crippen LogP contribution in [0.3, 0.4) is 0 Å². The number of carbonyl (C=O) groups excluding carboxylic acids is 1. The van der Waals surface area contributed by atoms with Crippen molar-refractivity contribution in [3.05, 3.63) is 72.7 Å². The molecule has 23 heavy (non-hydrogen) atoms. The number of hydrogen-bond donors (Lipinski definition) is 0. The molecule has 0 unspecified atom stereocenters. The number of fused-ring (bicyclic) bond motifs is 1. The molecule has 2 heterocycles. The van der Waals surface area contributed by atoms with Gasteiger partial charge >= 0.3 is 5.97 Å². The molecule has 0 amide bonds. The lowest BCUT2D eigenvalue weighted by atomic mass is 10.1. The second-order valence-corrected chi connectivity index (χ2v) is 4.94. The van der Waals surface area contributed by atoms with Crippen LogP contribution in [-0.2, 0) is 4.74 Å². The molecule has 114 valence electrons. The van der Waals surface area contributed by atoms with E-state index < -0.39 is 5.97 Å². The number of nitrogens with zero attached hydrogens (tertiary/aromatic N) is 2. The molecule has 3 aromatic rings. The molecular weight excluding hydrogens is 288 g/mol. The summed E-state index contributed by atoms with van der Waals surface area (Å²) < 4.78 is 6.85. The van der Waals surface area contributed by atoms with Gasteiger partial charge in [-0.05, 0) is 18.2 Å². The maximum absolute atomic E-state index is 12.1. The SMILES string of the molecule is C=Cc1c(C=C)n(-c2cnccc2C(=O)OC)c2ccccc12. The van der Waals surface area contributed by atoms with E-state index >= 15 is 0 Å². The van der Waals surface area contributed by atoms with E-state index in [1.54, 1.807) is 30.6 Å². The number of methoxy groups -OCH3 is 1. The summed E-state index contributed by atoms with van der Waals surface area (Å²) in [6, 6.07) is 9.58. The van der Waals surface area contributed by atoms with E-state index in [0.29, 0.717) is 11.3 Å². The molecule has 0 N–H and O–H groups in total. The summed E-state index contributed by atoms with van der Waals surface area (Å²) in [6.07, 6.45) is 6.77. The molecule has 0 aliphatic rings.